The van der Waals surface area contributed by atoms with Crippen molar-refractivity contribution in [3.05, 3.63) is 57.6 Å². The molecule has 1 N–H and O–H groups in total. The number of halogens is 2. The fourth-order valence-electron chi connectivity index (χ4n) is 2.14. The van der Waals surface area contributed by atoms with E-state index in [1.165, 1.54) is 0 Å². The van der Waals surface area contributed by atoms with Crippen LogP contribution < -0.4 is 10.1 Å². The van der Waals surface area contributed by atoms with E-state index in [0.717, 1.165) is 16.8 Å². The standard InChI is InChI=1S/C17H17Cl2NO2/c1-11-10-13(18)7-8-14(11)20-16(21)9-6-12-4-3-5-15(22-2)17(12)19/h3-5,7-8,10H,6,9H2,1-2H3,(H,20,21). The van der Waals surface area contributed by atoms with Crippen LogP contribution in [0.2, 0.25) is 10.0 Å². The van der Waals surface area contributed by atoms with E-state index in [4.69, 9.17) is 27.9 Å². The van der Waals surface area contributed by atoms with E-state index in [0.29, 0.717) is 28.6 Å². The van der Waals surface area contributed by atoms with Crippen molar-refractivity contribution in [2.75, 3.05) is 12.4 Å². The molecule has 0 aliphatic rings. The molecule has 0 radical (unpaired) electrons. The molecule has 0 atom stereocenters. The summed E-state index contributed by atoms with van der Waals surface area (Å²) >= 11 is 12.1. The molecule has 3 nitrogen and oxygen atoms in total. The second-order valence-corrected chi connectivity index (χ2v) is 5.76. The Bertz CT molecular complexity index is 686. The Morgan fingerprint density at radius 1 is 1.23 bits per heavy atom. The SMILES string of the molecule is COc1cccc(CCC(=O)Nc2ccc(Cl)cc2C)c1Cl. The van der Waals surface area contributed by atoms with Gasteiger partial charge in [0, 0.05) is 17.1 Å². The summed E-state index contributed by atoms with van der Waals surface area (Å²) in [6.07, 6.45) is 0.892. The van der Waals surface area contributed by atoms with Crippen molar-refractivity contribution in [2.24, 2.45) is 0 Å². The summed E-state index contributed by atoms with van der Waals surface area (Å²) in [5.41, 5.74) is 2.59. The van der Waals surface area contributed by atoms with Gasteiger partial charge in [0.2, 0.25) is 5.91 Å². The van der Waals surface area contributed by atoms with E-state index < -0.39 is 0 Å². The van der Waals surface area contributed by atoms with Crippen LogP contribution >= 0.6 is 23.2 Å². The molecule has 0 aliphatic carbocycles. The molecule has 0 aliphatic heterocycles. The molecule has 5 heteroatoms. The van der Waals surface area contributed by atoms with Gasteiger partial charge in [-0.2, -0.15) is 0 Å². The number of rotatable bonds is 5. The number of nitrogens with one attached hydrogen (secondary N) is 1. The highest BCUT2D eigenvalue weighted by Gasteiger charge is 2.10. The predicted octanol–water partition coefficient (Wildman–Crippen LogP) is 4.88. The molecule has 0 heterocycles. The Morgan fingerprint density at radius 3 is 2.68 bits per heavy atom. The third-order valence-corrected chi connectivity index (χ3v) is 4.01. The number of anilines is 1. The van der Waals surface area contributed by atoms with Crippen molar-refractivity contribution in [3.8, 4) is 5.75 Å². The van der Waals surface area contributed by atoms with Gasteiger partial charge in [-0.3, -0.25) is 4.79 Å². The monoisotopic (exact) mass is 337 g/mol. The molecular weight excluding hydrogens is 321 g/mol. The number of hydrogen-bond acceptors (Lipinski definition) is 2. The average molecular weight is 338 g/mol. The molecule has 2 rings (SSSR count). The molecule has 1 amide bonds. The zero-order chi connectivity index (χ0) is 16.1. The summed E-state index contributed by atoms with van der Waals surface area (Å²) in [6, 6.07) is 10.9. The first-order valence-electron chi connectivity index (χ1n) is 6.88. The molecule has 0 fully saturated rings. The van der Waals surface area contributed by atoms with Crippen LogP contribution in [-0.2, 0) is 11.2 Å². The maximum absolute atomic E-state index is 12.1. The van der Waals surface area contributed by atoms with Gasteiger partial charge in [-0.15, -0.1) is 0 Å². The highest BCUT2D eigenvalue weighted by atomic mass is 35.5. The van der Waals surface area contributed by atoms with Gasteiger partial charge in [0.1, 0.15) is 5.75 Å². The normalized spacial score (nSPS) is 10.4. The number of carbonyl (C=O) groups is 1. The summed E-state index contributed by atoms with van der Waals surface area (Å²) in [6.45, 7) is 1.90. The van der Waals surface area contributed by atoms with Crippen molar-refractivity contribution < 1.29 is 9.53 Å². The maximum atomic E-state index is 12.1. The summed E-state index contributed by atoms with van der Waals surface area (Å²) in [5.74, 6) is 0.553. The first-order chi connectivity index (χ1) is 10.5. The van der Waals surface area contributed by atoms with Gasteiger partial charge < -0.3 is 10.1 Å². The van der Waals surface area contributed by atoms with Gasteiger partial charge in [0.15, 0.2) is 0 Å². The van der Waals surface area contributed by atoms with Crippen molar-refractivity contribution in [1.29, 1.82) is 0 Å². The van der Waals surface area contributed by atoms with Gasteiger partial charge in [-0.1, -0.05) is 35.3 Å². The van der Waals surface area contributed by atoms with Gasteiger partial charge >= 0.3 is 0 Å². The molecule has 0 bridgehead atoms. The fourth-order valence-corrected chi connectivity index (χ4v) is 2.66. The first kappa shape index (κ1) is 16.7. The zero-order valence-electron chi connectivity index (χ0n) is 12.5. The molecule has 0 spiro atoms. The van der Waals surface area contributed by atoms with Crippen molar-refractivity contribution in [1.82, 2.24) is 0 Å². The van der Waals surface area contributed by atoms with Crippen LogP contribution in [0.4, 0.5) is 5.69 Å². The fraction of sp³-hybridized carbons (Fsp3) is 0.235. The van der Waals surface area contributed by atoms with Gasteiger partial charge in [0.05, 0.1) is 12.1 Å². The lowest BCUT2D eigenvalue weighted by Crippen LogP contribution is -2.13. The highest BCUT2D eigenvalue weighted by Crippen LogP contribution is 2.28. The molecule has 2 aromatic carbocycles. The van der Waals surface area contributed by atoms with E-state index >= 15 is 0 Å². The smallest absolute Gasteiger partial charge is 0.224 e. The number of methoxy groups -OCH3 is 1. The average Bonchev–Trinajstić information content (AvgIpc) is 2.49. The molecule has 0 aromatic heterocycles. The maximum Gasteiger partial charge on any atom is 0.224 e. The molecule has 2 aromatic rings. The van der Waals surface area contributed by atoms with Crippen LogP contribution in [0.15, 0.2) is 36.4 Å². The number of carbonyl (C=O) groups excluding carboxylic acids is 1. The topological polar surface area (TPSA) is 38.3 Å². The second-order valence-electron chi connectivity index (χ2n) is 4.94. The quantitative estimate of drug-likeness (QED) is 0.844. The summed E-state index contributed by atoms with van der Waals surface area (Å²) in [4.78, 5) is 12.1. The molecule has 0 saturated heterocycles. The van der Waals surface area contributed by atoms with Gasteiger partial charge in [0.25, 0.3) is 0 Å². The number of hydrogen-bond donors (Lipinski definition) is 1. The van der Waals surface area contributed by atoms with Crippen LogP contribution in [0, 0.1) is 6.92 Å². The second kappa shape index (κ2) is 7.52. The Kier molecular flexibility index (Phi) is 5.69. The van der Waals surface area contributed by atoms with Gasteiger partial charge in [-0.05, 0) is 48.7 Å². The van der Waals surface area contributed by atoms with E-state index in [9.17, 15) is 4.79 Å². The molecule has 22 heavy (non-hydrogen) atoms. The summed E-state index contributed by atoms with van der Waals surface area (Å²) in [7, 11) is 1.57. The van der Waals surface area contributed by atoms with E-state index in [1.807, 2.05) is 25.1 Å². The number of aryl methyl sites for hydroxylation is 2. The largest absolute Gasteiger partial charge is 0.495 e. The Morgan fingerprint density at radius 2 is 2.00 bits per heavy atom. The van der Waals surface area contributed by atoms with Crippen molar-refractivity contribution in [2.45, 2.75) is 19.8 Å². The van der Waals surface area contributed by atoms with Crippen LogP contribution in [0.5, 0.6) is 5.75 Å². The lowest BCUT2D eigenvalue weighted by molar-refractivity contribution is -0.116. The van der Waals surface area contributed by atoms with E-state index in [1.54, 1.807) is 25.3 Å². The van der Waals surface area contributed by atoms with Crippen molar-refractivity contribution >= 4 is 34.8 Å². The minimum atomic E-state index is -0.0655. The van der Waals surface area contributed by atoms with E-state index in [-0.39, 0.29) is 5.91 Å². The minimum absolute atomic E-state index is 0.0655. The third kappa shape index (κ3) is 4.15. The van der Waals surface area contributed by atoms with Crippen LogP contribution in [0.25, 0.3) is 0 Å². The third-order valence-electron chi connectivity index (χ3n) is 3.35. The lowest BCUT2D eigenvalue weighted by Gasteiger charge is -2.10. The Labute approximate surface area is 140 Å². The summed E-state index contributed by atoms with van der Waals surface area (Å²) in [5, 5.41) is 4.09. The van der Waals surface area contributed by atoms with Crippen LogP contribution in [0.1, 0.15) is 17.5 Å². The first-order valence-corrected chi connectivity index (χ1v) is 7.64. The number of benzene rings is 2. The zero-order valence-corrected chi connectivity index (χ0v) is 14.0. The Balaban J connectivity index is 1.98. The Hall–Kier alpha value is -1.71. The number of ether oxygens (including phenoxy) is 1. The van der Waals surface area contributed by atoms with E-state index in [2.05, 4.69) is 5.32 Å². The molecule has 0 unspecified atom stereocenters. The van der Waals surface area contributed by atoms with Crippen LogP contribution in [-0.4, -0.2) is 13.0 Å². The van der Waals surface area contributed by atoms with Gasteiger partial charge in [-0.25, -0.2) is 0 Å². The number of amides is 1. The van der Waals surface area contributed by atoms with Crippen molar-refractivity contribution in [3.63, 3.8) is 0 Å². The molecular formula is C17H17Cl2NO2. The predicted molar refractivity (Wildman–Crippen MR) is 91.1 cm³/mol. The minimum Gasteiger partial charge on any atom is -0.495 e. The molecule has 116 valence electrons. The highest BCUT2D eigenvalue weighted by molar-refractivity contribution is 6.32. The lowest BCUT2D eigenvalue weighted by atomic mass is 10.1. The molecule has 0 saturated carbocycles. The van der Waals surface area contributed by atoms with Crippen LogP contribution in [0.3, 0.4) is 0 Å². The summed E-state index contributed by atoms with van der Waals surface area (Å²) < 4.78 is 5.17.